The first-order valence-corrected chi connectivity index (χ1v) is 11.8. The standard InChI is InChI=1S/C22H25N7O2S/c1-27(2)19-9-7-18(8-10-19)25-22-24-14-16-11-13-29(21(16)26-22)15-17-6-5-12-23-20(17)28(3)32(4,30)31/h5-14H,15H2,1-4H3,(H,24,25,26). The minimum Gasteiger partial charge on any atom is -0.378 e. The van der Waals surface area contributed by atoms with Gasteiger partial charge in [0.2, 0.25) is 16.0 Å². The molecule has 1 aromatic carbocycles. The SMILES string of the molecule is CN(C)c1ccc(Nc2ncc3ccn(Cc4cccnc4N(C)S(C)(=O)=O)c3n2)cc1. The van der Waals surface area contributed by atoms with Crippen LogP contribution < -0.4 is 14.5 Å². The van der Waals surface area contributed by atoms with Gasteiger partial charge in [-0.15, -0.1) is 0 Å². The van der Waals surface area contributed by atoms with Gasteiger partial charge in [-0.2, -0.15) is 4.98 Å². The second kappa shape index (κ2) is 8.46. The Morgan fingerprint density at radius 3 is 2.47 bits per heavy atom. The van der Waals surface area contributed by atoms with Gasteiger partial charge in [0.25, 0.3) is 0 Å². The van der Waals surface area contributed by atoms with Crippen molar-refractivity contribution in [1.82, 2.24) is 19.5 Å². The zero-order valence-electron chi connectivity index (χ0n) is 18.4. The molecule has 0 atom stereocenters. The predicted octanol–water partition coefficient (Wildman–Crippen LogP) is 3.08. The average molecular weight is 452 g/mol. The van der Waals surface area contributed by atoms with E-state index >= 15 is 0 Å². The van der Waals surface area contributed by atoms with Gasteiger partial charge in [0.1, 0.15) is 11.5 Å². The van der Waals surface area contributed by atoms with Crippen molar-refractivity contribution >= 4 is 44.2 Å². The maximum Gasteiger partial charge on any atom is 0.233 e. The summed E-state index contributed by atoms with van der Waals surface area (Å²) >= 11 is 0. The molecule has 0 aliphatic heterocycles. The summed E-state index contributed by atoms with van der Waals surface area (Å²) in [5.74, 6) is 0.875. The van der Waals surface area contributed by atoms with Crippen LogP contribution >= 0.6 is 0 Å². The molecule has 4 aromatic rings. The monoisotopic (exact) mass is 451 g/mol. The van der Waals surface area contributed by atoms with Crippen molar-refractivity contribution in [3.05, 3.63) is 66.6 Å². The van der Waals surface area contributed by atoms with Gasteiger partial charge in [0.05, 0.1) is 12.8 Å². The topological polar surface area (TPSA) is 96.3 Å². The van der Waals surface area contributed by atoms with Crippen LogP contribution in [0.15, 0.2) is 61.1 Å². The Hall–Kier alpha value is -3.66. The first-order chi connectivity index (χ1) is 15.2. The molecule has 0 saturated heterocycles. The number of nitrogens with one attached hydrogen (secondary N) is 1. The van der Waals surface area contributed by atoms with Gasteiger partial charge in [-0.05, 0) is 36.4 Å². The maximum atomic E-state index is 12.0. The van der Waals surface area contributed by atoms with E-state index in [4.69, 9.17) is 0 Å². The molecule has 0 bridgehead atoms. The third kappa shape index (κ3) is 4.50. The zero-order valence-corrected chi connectivity index (χ0v) is 19.2. The number of pyridine rings is 1. The smallest absolute Gasteiger partial charge is 0.233 e. The minimum absolute atomic E-state index is 0.394. The molecule has 1 N–H and O–H groups in total. The molecule has 9 nitrogen and oxygen atoms in total. The minimum atomic E-state index is -3.43. The summed E-state index contributed by atoms with van der Waals surface area (Å²) in [5.41, 5.74) is 3.50. The molecule has 3 heterocycles. The Morgan fingerprint density at radius 1 is 1.03 bits per heavy atom. The Kier molecular flexibility index (Phi) is 5.70. The largest absolute Gasteiger partial charge is 0.378 e. The molecular formula is C22H25N7O2S. The van der Waals surface area contributed by atoms with Gasteiger partial charge < -0.3 is 14.8 Å². The molecule has 10 heteroatoms. The number of hydrogen-bond donors (Lipinski definition) is 1. The van der Waals surface area contributed by atoms with Crippen LogP contribution in [-0.2, 0) is 16.6 Å². The highest BCUT2D eigenvalue weighted by Crippen LogP contribution is 2.23. The summed E-state index contributed by atoms with van der Waals surface area (Å²) in [7, 11) is 2.06. The molecule has 0 fully saturated rings. The molecule has 3 aromatic heterocycles. The molecular weight excluding hydrogens is 426 g/mol. The van der Waals surface area contributed by atoms with E-state index in [1.807, 2.05) is 66.2 Å². The molecule has 4 rings (SSSR count). The number of hydrogen-bond acceptors (Lipinski definition) is 7. The molecule has 0 spiro atoms. The van der Waals surface area contributed by atoms with Crippen LogP contribution in [0.3, 0.4) is 0 Å². The van der Waals surface area contributed by atoms with Crippen LogP contribution in [-0.4, -0.2) is 55.3 Å². The summed E-state index contributed by atoms with van der Waals surface area (Å²) in [6, 6.07) is 13.6. The summed E-state index contributed by atoms with van der Waals surface area (Å²) in [6.45, 7) is 0.417. The first-order valence-electron chi connectivity index (χ1n) is 9.96. The fourth-order valence-corrected chi connectivity index (χ4v) is 3.79. The molecule has 0 aliphatic carbocycles. The fourth-order valence-electron chi connectivity index (χ4n) is 3.31. The second-order valence-electron chi connectivity index (χ2n) is 7.70. The van der Waals surface area contributed by atoms with Crippen molar-refractivity contribution in [2.75, 3.05) is 41.9 Å². The van der Waals surface area contributed by atoms with E-state index in [1.165, 1.54) is 11.4 Å². The quantitative estimate of drug-likeness (QED) is 0.461. The third-order valence-corrected chi connectivity index (χ3v) is 6.31. The lowest BCUT2D eigenvalue weighted by Gasteiger charge is -2.19. The van der Waals surface area contributed by atoms with Gasteiger partial charge >= 0.3 is 0 Å². The van der Waals surface area contributed by atoms with Crippen molar-refractivity contribution in [2.24, 2.45) is 0 Å². The molecule has 0 radical (unpaired) electrons. The van der Waals surface area contributed by atoms with Crippen molar-refractivity contribution in [2.45, 2.75) is 6.54 Å². The van der Waals surface area contributed by atoms with E-state index in [2.05, 4.69) is 20.3 Å². The normalized spacial score (nSPS) is 11.5. The van der Waals surface area contributed by atoms with E-state index in [0.29, 0.717) is 18.3 Å². The van der Waals surface area contributed by atoms with Crippen LogP contribution in [0, 0.1) is 0 Å². The number of nitrogens with zero attached hydrogens (tertiary/aromatic N) is 6. The maximum absolute atomic E-state index is 12.0. The van der Waals surface area contributed by atoms with Crippen LogP contribution in [0.2, 0.25) is 0 Å². The lowest BCUT2D eigenvalue weighted by atomic mass is 10.2. The highest BCUT2D eigenvalue weighted by Gasteiger charge is 2.18. The van der Waals surface area contributed by atoms with E-state index in [-0.39, 0.29) is 0 Å². The number of rotatable bonds is 7. The highest BCUT2D eigenvalue weighted by molar-refractivity contribution is 7.92. The molecule has 32 heavy (non-hydrogen) atoms. The van der Waals surface area contributed by atoms with Crippen LogP contribution in [0.1, 0.15) is 5.56 Å². The summed E-state index contributed by atoms with van der Waals surface area (Å²) in [6.07, 6.45) is 6.42. The van der Waals surface area contributed by atoms with E-state index in [0.717, 1.165) is 34.2 Å². The number of benzene rings is 1. The van der Waals surface area contributed by atoms with Gasteiger partial charge in [0, 0.05) is 62.1 Å². The van der Waals surface area contributed by atoms with Crippen LogP contribution in [0.4, 0.5) is 23.1 Å². The molecule has 166 valence electrons. The molecule has 0 unspecified atom stereocenters. The fraction of sp³-hybridized carbons (Fsp3) is 0.227. The number of fused-ring (bicyclic) bond motifs is 1. The first kappa shape index (κ1) is 21.6. The number of aromatic nitrogens is 4. The van der Waals surface area contributed by atoms with Crippen LogP contribution in [0.5, 0.6) is 0 Å². The average Bonchev–Trinajstić information content (AvgIpc) is 3.15. The van der Waals surface area contributed by atoms with Gasteiger partial charge in [0.15, 0.2) is 0 Å². The highest BCUT2D eigenvalue weighted by atomic mass is 32.2. The summed E-state index contributed by atoms with van der Waals surface area (Å²) in [4.78, 5) is 15.4. The Bertz CT molecular complexity index is 1350. The Labute approximate surface area is 187 Å². The molecule has 0 amide bonds. The number of sulfonamides is 1. The van der Waals surface area contributed by atoms with E-state index in [9.17, 15) is 8.42 Å². The predicted molar refractivity (Wildman–Crippen MR) is 128 cm³/mol. The summed E-state index contributed by atoms with van der Waals surface area (Å²) < 4.78 is 27.2. The van der Waals surface area contributed by atoms with Crippen molar-refractivity contribution in [3.63, 3.8) is 0 Å². The Morgan fingerprint density at radius 2 is 1.78 bits per heavy atom. The number of anilines is 4. The Balaban J connectivity index is 1.63. The van der Waals surface area contributed by atoms with Crippen molar-refractivity contribution in [3.8, 4) is 0 Å². The van der Waals surface area contributed by atoms with Crippen molar-refractivity contribution in [1.29, 1.82) is 0 Å². The molecule has 0 saturated carbocycles. The summed E-state index contributed by atoms with van der Waals surface area (Å²) in [5, 5.41) is 4.13. The van der Waals surface area contributed by atoms with E-state index in [1.54, 1.807) is 18.5 Å². The van der Waals surface area contributed by atoms with Gasteiger partial charge in [-0.1, -0.05) is 6.07 Å². The van der Waals surface area contributed by atoms with Gasteiger partial charge in [-0.25, -0.2) is 18.4 Å². The molecule has 0 aliphatic rings. The second-order valence-corrected chi connectivity index (χ2v) is 9.71. The third-order valence-electron chi connectivity index (χ3n) is 5.15. The zero-order chi connectivity index (χ0) is 22.9. The lowest BCUT2D eigenvalue weighted by molar-refractivity contribution is 0.599. The van der Waals surface area contributed by atoms with Gasteiger partial charge in [-0.3, -0.25) is 4.31 Å². The van der Waals surface area contributed by atoms with Crippen molar-refractivity contribution < 1.29 is 8.42 Å². The van der Waals surface area contributed by atoms with Crippen LogP contribution in [0.25, 0.3) is 11.0 Å². The van der Waals surface area contributed by atoms with E-state index < -0.39 is 10.0 Å². The lowest BCUT2D eigenvalue weighted by Crippen LogP contribution is -2.27.